The molecule has 1 saturated carbocycles. The van der Waals surface area contributed by atoms with Crippen molar-refractivity contribution in [3.63, 3.8) is 0 Å². The molecule has 2 heterocycles. The highest BCUT2D eigenvalue weighted by Gasteiger charge is 2.47. The van der Waals surface area contributed by atoms with Gasteiger partial charge >= 0.3 is 0 Å². The van der Waals surface area contributed by atoms with Gasteiger partial charge in [0.2, 0.25) is 5.91 Å². The molecule has 0 aromatic carbocycles. The monoisotopic (exact) mass is 294 g/mol. The molecule has 3 fully saturated rings. The second-order valence-corrected chi connectivity index (χ2v) is 7.78. The van der Waals surface area contributed by atoms with E-state index >= 15 is 0 Å². The Balaban J connectivity index is 1.49. The number of piperidine rings is 2. The summed E-state index contributed by atoms with van der Waals surface area (Å²) in [6, 6.07) is 0. The van der Waals surface area contributed by atoms with Gasteiger partial charge in [-0.15, -0.1) is 0 Å². The van der Waals surface area contributed by atoms with Crippen molar-refractivity contribution in [2.24, 2.45) is 10.8 Å². The van der Waals surface area contributed by atoms with E-state index in [1.165, 1.54) is 12.8 Å². The first kappa shape index (κ1) is 15.3. The molecule has 1 aliphatic carbocycles. The van der Waals surface area contributed by atoms with Crippen molar-refractivity contribution in [2.45, 2.75) is 58.5 Å². The predicted octanol–water partition coefficient (Wildman–Crippen LogP) is 2.18. The highest BCUT2D eigenvalue weighted by molar-refractivity contribution is 5.83. The number of likely N-dealkylation sites (tertiary alicyclic amines) is 1. The van der Waals surface area contributed by atoms with Crippen LogP contribution in [0.4, 0.5) is 0 Å². The van der Waals surface area contributed by atoms with Crippen LogP contribution in [-0.2, 0) is 9.53 Å². The molecule has 0 aromatic rings. The number of ether oxygens (including phenoxy) is 1. The van der Waals surface area contributed by atoms with Crippen molar-refractivity contribution >= 4 is 5.91 Å². The van der Waals surface area contributed by atoms with Gasteiger partial charge in [0.05, 0.1) is 18.1 Å². The van der Waals surface area contributed by atoms with Crippen molar-refractivity contribution < 1.29 is 9.53 Å². The van der Waals surface area contributed by atoms with E-state index in [0.29, 0.717) is 17.4 Å². The van der Waals surface area contributed by atoms with Crippen molar-refractivity contribution in [1.29, 1.82) is 0 Å². The summed E-state index contributed by atoms with van der Waals surface area (Å²) in [5.74, 6) is 0.317. The van der Waals surface area contributed by atoms with Crippen molar-refractivity contribution in [2.75, 3.05) is 32.8 Å². The van der Waals surface area contributed by atoms with Gasteiger partial charge in [0.25, 0.3) is 0 Å². The molecular formula is C17H30N2O2. The summed E-state index contributed by atoms with van der Waals surface area (Å²) >= 11 is 0. The van der Waals surface area contributed by atoms with E-state index < -0.39 is 0 Å². The SMILES string of the molecule is CC(C)OCC1(CN2CCC3(CCCNC3=O)CC2)CC1. The van der Waals surface area contributed by atoms with Gasteiger partial charge in [0, 0.05) is 18.5 Å². The minimum absolute atomic E-state index is 0.0418. The Bertz CT molecular complexity index is 382. The number of carbonyl (C=O) groups is 1. The third-order valence-electron chi connectivity index (χ3n) is 5.65. The summed E-state index contributed by atoms with van der Waals surface area (Å²) in [4.78, 5) is 14.8. The smallest absolute Gasteiger partial charge is 0.226 e. The van der Waals surface area contributed by atoms with Crippen molar-refractivity contribution in [3.05, 3.63) is 0 Å². The average molecular weight is 294 g/mol. The molecule has 0 atom stereocenters. The Morgan fingerprint density at radius 1 is 1.19 bits per heavy atom. The van der Waals surface area contributed by atoms with Gasteiger partial charge < -0.3 is 15.0 Å². The van der Waals surface area contributed by atoms with Gasteiger partial charge in [-0.05, 0) is 65.5 Å². The quantitative estimate of drug-likeness (QED) is 0.845. The average Bonchev–Trinajstić information content (AvgIpc) is 3.23. The van der Waals surface area contributed by atoms with E-state index in [0.717, 1.165) is 58.5 Å². The Morgan fingerprint density at radius 3 is 2.48 bits per heavy atom. The van der Waals surface area contributed by atoms with Gasteiger partial charge in [0.1, 0.15) is 0 Å². The molecule has 2 aliphatic heterocycles. The Kier molecular flexibility index (Phi) is 4.28. The van der Waals surface area contributed by atoms with E-state index in [1.54, 1.807) is 0 Å². The molecule has 0 unspecified atom stereocenters. The van der Waals surface area contributed by atoms with Gasteiger partial charge in [-0.25, -0.2) is 0 Å². The fourth-order valence-corrected chi connectivity index (χ4v) is 3.89. The Labute approximate surface area is 128 Å². The van der Waals surface area contributed by atoms with E-state index in [4.69, 9.17) is 4.74 Å². The highest BCUT2D eigenvalue weighted by atomic mass is 16.5. The summed E-state index contributed by atoms with van der Waals surface area (Å²) in [6.07, 6.45) is 7.27. The summed E-state index contributed by atoms with van der Waals surface area (Å²) in [6.45, 7) is 9.34. The Hall–Kier alpha value is -0.610. The molecule has 1 amide bonds. The normalized spacial score (nSPS) is 27.9. The van der Waals surface area contributed by atoms with Gasteiger partial charge in [-0.1, -0.05) is 0 Å². The van der Waals surface area contributed by atoms with E-state index in [9.17, 15) is 4.79 Å². The first-order valence-electron chi connectivity index (χ1n) is 8.66. The predicted molar refractivity (Wildman–Crippen MR) is 83.1 cm³/mol. The first-order valence-corrected chi connectivity index (χ1v) is 8.66. The van der Waals surface area contributed by atoms with Gasteiger partial charge in [-0.3, -0.25) is 4.79 Å². The third kappa shape index (κ3) is 3.42. The lowest BCUT2D eigenvalue weighted by Gasteiger charge is -2.43. The van der Waals surface area contributed by atoms with Crippen LogP contribution in [0.15, 0.2) is 0 Å². The summed E-state index contributed by atoms with van der Waals surface area (Å²) < 4.78 is 5.85. The second-order valence-electron chi connectivity index (χ2n) is 7.78. The molecule has 0 radical (unpaired) electrons. The standard InChI is InChI=1S/C17H30N2O2/c1-14(2)21-13-16(5-6-16)12-19-10-7-17(8-11-19)4-3-9-18-15(17)20/h14H,3-13H2,1-2H3,(H,18,20). The van der Waals surface area contributed by atoms with Crippen LogP contribution >= 0.6 is 0 Å². The minimum Gasteiger partial charge on any atom is -0.378 e. The van der Waals surface area contributed by atoms with E-state index in [-0.39, 0.29) is 5.41 Å². The fraction of sp³-hybridized carbons (Fsp3) is 0.941. The highest BCUT2D eigenvalue weighted by Crippen LogP contribution is 2.48. The van der Waals surface area contributed by atoms with Crippen molar-refractivity contribution in [3.8, 4) is 0 Å². The molecule has 0 bridgehead atoms. The molecule has 2 saturated heterocycles. The molecule has 1 spiro atoms. The third-order valence-corrected chi connectivity index (χ3v) is 5.65. The molecule has 3 rings (SSSR count). The molecule has 3 aliphatic rings. The van der Waals surface area contributed by atoms with Crippen molar-refractivity contribution in [1.82, 2.24) is 10.2 Å². The number of hydrogen-bond donors (Lipinski definition) is 1. The topological polar surface area (TPSA) is 41.6 Å². The van der Waals surface area contributed by atoms with Gasteiger partial charge in [0.15, 0.2) is 0 Å². The summed E-state index contributed by atoms with van der Waals surface area (Å²) in [7, 11) is 0. The molecule has 120 valence electrons. The minimum atomic E-state index is -0.0418. The maximum atomic E-state index is 12.2. The van der Waals surface area contributed by atoms with Crippen LogP contribution in [0.5, 0.6) is 0 Å². The number of nitrogens with zero attached hydrogens (tertiary/aromatic N) is 1. The maximum Gasteiger partial charge on any atom is 0.226 e. The van der Waals surface area contributed by atoms with Crippen LogP contribution in [0.1, 0.15) is 52.4 Å². The lowest BCUT2D eigenvalue weighted by molar-refractivity contribution is -0.137. The number of rotatable bonds is 5. The fourth-order valence-electron chi connectivity index (χ4n) is 3.89. The molecule has 1 N–H and O–H groups in total. The van der Waals surface area contributed by atoms with Crippen LogP contribution < -0.4 is 5.32 Å². The molecule has 4 heteroatoms. The van der Waals surface area contributed by atoms with Crippen LogP contribution in [-0.4, -0.2) is 49.7 Å². The number of nitrogens with one attached hydrogen (secondary N) is 1. The first-order chi connectivity index (χ1) is 10.0. The van der Waals surface area contributed by atoms with E-state index in [2.05, 4.69) is 24.1 Å². The van der Waals surface area contributed by atoms with Gasteiger partial charge in [-0.2, -0.15) is 0 Å². The molecule has 4 nitrogen and oxygen atoms in total. The van der Waals surface area contributed by atoms with E-state index in [1.807, 2.05) is 0 Å². The molecule has 0 aromatic heterocycles. The van der Waals surface area contributed by atoms with Crippen LogP contribution in [0, 0.1) is 10.8 Å². The molecular weight excluding hydrogens is 264 g/mol. The van der Waals surface area contributed by atoms with Crippen LogP contribution in [0.25, 0.3) is 0 Å². The zero-order chi connectivity index (χ0) is 14.9. The number of carbonyl (C=O) groups excluding carboxylic acids is 1. The maximum absolute atomic E-state index is 12.2. The number of amides is 1. The summed E-state index contributed by atoms with van der Waals surface area (Å²) in [5.41, 5.74) is 0.378. The summed E-state index contributed by atoms with van der Waals surface area (Å²) in [5, 5.41) is 3.07. The van der Waals surface area contributed by atoms with Crippen LogP contribution in [0.3, 0.4) is 0 Å². The lowest BCUT2D eigenvalue weighted by atomic mass is 9.72. The molecule has 21 heavy (non-hydrogen) atoms. The lowest BCUT2D eigenvalue weighted by Crippen LogP contribution is -2.52. The second kappa shape index (κ2) is 5.88. The largest absolute Gasteiger partial charge is 0.378 e. The zero-order valence-corrected chi connectivity index (χ0v) is 13.6. The number of hydrogen-bond acceptors (Lipinski definition) is 3. The Morgan fingerprint density at radius 2 is 1.90 bits per heavy atom. The van der Waals surface area contributed by atoms with Crippen LogP contribution in [0.2, 0.25) is 0 Å². The zero-order valence-electron chi connectivity index (χ0n) is 13.6.